The molecular weight excluding hydrogens is 228 g/mol. The molecule has 3 heteroatoms. The topological polar surface area (TPSA) is 57.5 Å². The van der Waals surface area contributed by atoms with Gasteiger partial charge >= 0.3 is 5.97 Å². The first-order chi connectivity index (χ1) is 8.41. The summed E-state index contributed by atoms with van der Waals surface area (Å²) in [6.07, 6.45) is 2.54. The number of rotatable bonds is 2. The lowest BCUT2D eigenvalue weighted by Gasteiger charge is -2.28. The Hall–Kier alpha value is -1.77. The predicted molar refractivity (Wildman–Crippen MR) is 70.1 cm³/mol. The highest BCUT2D eigenvalue weighted by molar-refractivity contribution is 5.93. The van der Waals surface area contributed by atoms with Crippen LogP contribution >= 0.6 is 0 Å². The maximum Gasteiger partial charge on any atom is 0.339 e. The van der Waals surface area contributed by atoms with Gasteiger partial charge in [0.15, 0.2) is 0 Å². The Kier molecular flexibility index (Phi) is 3.16. The molecule has 18 heavy (non-hydrogen) atoms. The summed E-state index contributed by atoms with van der Waals surface area (Å²) in [6, 6.07) is 1.56. The van der Waals surface area contributed by atoms with E-state index in [-0.39, 0.29) is 11.3 Å². The number of phenols is 1. The van der Waals surface area contributed by atoms with Crippen molar-refractivity contribution in [2.24, 2.45) is 5.92 Å². The number of carboxylic acid groups (broad SMARTS) is 1. The van der Waals surface area contributed by atoms with Crippen LogP contribution in [0.15, 0.2) is 18.2 Å². The van der Waals surface area contributed by atoms with E-state index in [9.17, 15) is 15.0 Å². The summed E-state index contributed by atoms with van der Waals surface area (Å²) in [6.45, 7) is 7.86. The van der Waals surface area contributed by atoms with Crippen LogP contribution in [-0.4, -0.2) is 16.2 Å². The Bertz CT molecular complexity index is 529. The molecule has 0 aromatic heterocycles. The molecule has 1 aromatic carbocycles. The molecule has 0 saturated heterocycles. The van der Waals surface area contributed by atoms with Crippen LogP contribution < -0.4 is 0 Å². The maximum atomic E-state index is 11.3. The Balaban J connectivity index is 2.58. The van der Waals surface area contributed by atoms with E-state index in [1.54, 1.807) is 6.07 Å². The van der Waals surface area contributed by atoms with Crippen LogP contribution in [0, 0.1) is 12.8 Å². The van der Waals surface area contributed by atoms with Crippen LogP contribution in [0.3, 0.4) is 0 Å². The average Bonchev–Trinajstić information content (AvgIpc) is 2.27. The first-order valence-electron chi connectivity index (χ1n) is 6.14. The lowest BCUT2D eigenvalue weighted by atomic mass is 9.77. The van der Waals surface area contributed by atoms with Crippen LogP contribution in [0.25, 0.3) is 0 Å². The van der Waals surface area contributed by atoms with Gasteiger partial charge in [0.05, 0.1) is 0 Å². The van der Waals surface area contributed by atoms with Crippen molar-refractivity contribution in [3.63, 3.8) is 0 Å². The van der Waals surface area contributed by atoms with Gasteiger partial charge in [-0.05, 0) is 61.8 Å². The number of carbonyl (C=O) groups is 1. The first-order valence-corrected chi connectivity index (χ1v) is 6.14. The van der Waals surface area contributed by atoms with Gasteiger partial charge in [-0.3, -0.25) is 0 Å². The minimum Gasteiger partial charge on any atom is -0.507 e. The van der Waals surface area contributed by atoms with E-state index in [4.69, 9.17) is 0 Å². The molecule has 0 saturated carbocycles. The number of carboxylic acids is 1. The maximum absolute atomic E-state index is 11.3. The summed E-state index contributed by atoms with van der Waals surface area (Å²) in [4.78, 5) is 11.3. The SMILES string of the molecule is C=C(C)C1CCc2c(C)cc(O)c(C(=O)O)c2C1. The number of hydrogen-bond donors (Lipinski definition) is 2. The molecule has 3 nitrogen and oxygen atoms in total. The fraction of sp³-hybridized carbons (Fsp3) is 0.400. The standard InChI is InChI=1S/C15H18O3/c1-8(2)10-4-5-11-9(3)6-13(16)14(15(17)18)12(11)7-10/h6,10,16H,1,4-5,7H2,2-3H3,(H,17,18). The summed E-state index contributed by atoms with van der Waals surface area (Å²) in [5.41, 5.74) is 4.01. The van der Waals surface area contributed by atoms with Gasteiger partial charge < -0.3 is 10.2 Å². The number of aromatic carboxylic acids is 1. The molecule has 2 N–H and O–H groups in total. The molecule has 0 fully saturated rings. The Morgan fingerprint density at radius 3 is 2.67 bits per heavy atom. The summed E-state index contributed by atoms with van der Waals surface area (Å²) < 4.78 is 0. The second-order valence-electron chi connectivity index (χ2n) is 5.14. The Morgan fingerprint density at radius 1 is 1.44 bits per heavy atom. The number of allylic oxidation sites excluding steroid dienone is 1. The van der Waals surface area contributed by atoms with Gasteiger partial charge in [0.2, 0.25) is 0 Å². The summed E-state index contributed by atoms with van der Waals surface area (Å²) >= 11 is 0. The highest BCUT2D eigenvalue weighted by Gasteiger charge is 2.27. The molecular formula is C15H18O3. The second-order valence-corrected chi connectivity index (χ2v) is 5.14. The van der Waals surface area contributed by atoms with Crippen LogP contribution in [0.5, 0.6) is 5.75 Å². The minimum absolute atomic E-state index is 0.0709. The quantitative estimate of drug-likeness (QED) is 0.788. The van der Waals surface area contributed by atoms with Gasteiger partial charge in [-0.15, -0.1) is 0 Å². The summed E-state index contributed by atoms with van der Waals surface area (Å²) in [7, 11) is 0. The van der Waals surface area contributed by atoms with Crippen molar-refractivity contribution < 1.29 is 15.0 Å². The van der Waals surface area contributed by atoms with Crippen LogP contribution in [0.4, 0.5) is 0 Å². The molecule has 2 rings (SSSR count). The van der Waals surface area contributed by atoms with Crippen LogP contribution in [0.2, 0.25) is 0 Å². The van der Waals surface area contributed by atoms with Crippen molar-refractivity contribution in [1.29, 1.82) is 0 Å². The lowest BCUT2D eigenvalue weighted by Crippen LogP contribution is -2.19. The zero-order valence-electron chi connectivity index (χ0n) is 10.8. The molecule has 0 aliphatic heterocycles. The minimum atomic E-state index is -1.05. The van der Waals surface area contributed by atoms with Crippen molar-refractivity contribution in [2.75, 3.05) is 0 Å². The molecule has 0 bridgehead atoms. The van der Waals surface area contributed by atoms with E-state index in [1.807, 2.05) is 13.8 Å². The molecule has 1 aliphatic carbocycles. The van der Waals surface area contributed by atoms with Crippen LogP contribution in [0.1, 0.15) is 40.4 Å². The van der Waals surface area contributed by atoms with Gasteiger partial charge in [0, 0.05) is 0 Å². The van der Waals surface area contributed by atoms with Crippen molar-refractivity contribution in [3.05, 3.63) is 40.5 Å². The Morgan fingerprint density at radius 2 is 2.11 bits per heavy atom. The zero-order chi connectivity index (χ0) is 13.4. The lowest BCUT2D eigenvalue weighted by molar-refractivity contribution is 0.0692. The normalized spacial score (nSPS) is 18.2. The van der Waals surface area contributed by atoms with E-state index in [1.165, 1.54) is 0 Å². The van der Waals surface area contributed by atoms with Gasteiger partial charge in [-0.1, -0.05) is 12.2 Å². The van der Waals surface area contributed by atoms with Crippen molar-refractivity contribution in [1.82, 2.24) is 0 Å². The van der Waals surface area contributed by atoms with Gasteiger partial charge in [-0.25, -0.2) is 4.79 Å². The molecule has 96 valence electrons. The van der Waals surface area contributed by atoms with Gasteiger partial charge in [0.25, 0.3) is 0 Å². The second kappa shape index (κ2) is 4.48. The molecule has 1 aliphatic rings. The fourth-order valence-electron chi connectivity index (χ4n) is 2.81. The van der Waals surface area contributed by atoms with E-state index in [0.717, 1.165) is 35.1 Å². The molecule has 1 atom stereocenters. The number of benzene rings is 1. The van der Waals surface area contributed by atoms with Crippen LogP contribution in [-0.2, 0) is 12.8 Å². The molecule has 0 radical (unpaired) electrons. The third kappa shape index (κ3) is 2.01. The average molecular weight is 246 g/mol. The molecule has 0 spiro atoms. The number of aryl methyl sites for hydroxylation is 1. The predicted octanol–water partition coefficient (Wildman–Crippen LogP) is 3.08. The smallest absolute Gasteiger partial charge is 0.339 e. The number of fused-ring (bicyclic) bond motifs is 1. The van der Waals surface area contributed by atoms with Crippen molar-refractivity contribution in [2.45, 2.75) is 33.1 Å². The fourth-order valence-corrected chi connectivity index (χ4v) is 2.81. The molecule has 0 amide bonds. The molecule has 1 unspecified atom stereocenters. The monoisotopic (exact) mass is 246 g/mol. The number of hydrogen-bond acceptors (Lipinski definition) is 2. The largest absolute Gasteiger partial charge is 0.507 e. The number of aromatic hydroxyl groups is 1. The van der Waals surface area contributed by atoms with Gasteiger partial charge in [0.1, 0.15) is 11.3 Å². The van der Waals surface area contributed by atoms with Gasteiger partial charge in [-0.2, -0.15) is 0 Å². The third-order valence-corrected chi connectivity index (χ3v) is 3.86. The highest BCUT2D eigenvalue weighted by atomic mass is 16.4. The third-order valence-electron chi connectivity index (χ3n) is 3.86. The zero-order valence-corrected chi connectivity index (χ0v) is 10.8. The highest BCUT2D eigenvalue weighted by Crippen LogP contribution is 2.37. The van der Waals surface area contributed by atoms with Crippen molar-refractivity contribution >= 4 is 5.97 Å². The molecule has 0 heterocycles. The first kappa shape index (κ1) is 12.7. The van der Waals surface area contributed by atoms with E-state index < -0.39 is 5.97 Å². The van der Waals surface area contributed by atoms with E-state index in [0.29, 0.717) is 12.3 Å². The Labute approximate surface area is 107 Å². The van der Waals surface area contributed by atoms with E-state index in [2.05, 4.69) is 6.58 Å². The van der Waals surface area contributed by atoms with E-state index >= 15 is 0 Å². The molecule has 1 aromatic rings. The van der Waals surface area contributed by atoms with Crippen molar-refractivity contribution in [3.8, 4) is 5.75 Å². The summed E-state index contributed by atoms with van der Waals surface area (Å²) in [5, 5.41) is 19.1. The summed E-state index contributed by atoms with van der Waals surface area (Å²) in [5.74, 6) is -0.857.